The van der Waals surface area contributed by atoms with Gasteiger partial charge in [-0.2, -0.15) is 5.10 Å². The highest BCUT2D eigenvalue weighted by Crippen LogP contribution is 2.21. The van der Waals surface area contributed by atoms with E-state index in [9.17, 15) is 9.59 Å². The number of nitrogens with zero attached hydrogens (tertiary/aromatic N) is 3. The van der Waals surface area contributed by atoms with Crippen molar-refractivity contribution in [2.24, 2.45) is 0 Å². The lowest BCUT2D eigenvalue weighted by Crippen LogP contribution is -2.11. The van der Waals surface area contributed by atoms with E-state index < -0.39 is 0 Å². The van der Waals surface area contributed by atoms with Crippen LogP contribution < -0.4 is 15.0 Å². The predicted octanol–water partition coefficient (Wildman–Crippen LogP) is 3.10. The summed E-state index contributed by atoms with van der Waals surface area (Å²) in [6.07, 6.45) is 1.47. The first-order valence-electron chi connectivity index (χ1n) is 9.01. The number of thioether (sulfide) groups is 1. The lowest BCUT2D eigenvalue weighted by Gasteiger charge is -2.06. The molecule has 0 aliphatic heterocycles. The summed E-state index contributed by atoms with van der Waals surface area (Å²) in [7, 11) is 3.16. The molecule has 4 rings (SSSR count). The summed E-state index contributed by atoms with van der Waals surface area (Å²) in [5.74, 6) is 1.46. The number of benzene rings is 2. The van der Waals surface area contributed by atoms with Gasteiger partial charge in [-0.25, -0.2) is 9.67 Å². The Hall–Kier alpha value is -3.59. The maximum atomic E-state index is 12.5. The largest absolute Gasteiger partial charge is 0.497 e. The average Bonchev–Trinajstić information content (AvgIpc) is 3.22. The molecule has 152 valence electrons. The van der Waals surface area contributed by atoms with Gasteiger partial charge < -0.3 is 14.5 Å². The molecule has 0 amide bonds. The molecular weight excluding hydrogens is 404 g/mol. The van der Waals surface area contributed by atoms with Crippen LogP contribution in [0.4, 0.5) is 0 Å². The first-order chi connectivity index (χ1) is 14.6. The molecule has 2 heterocycles. The maximum Gasteiger partial charge on any atom is 0.262 e. The highest BCUT2D eigenvalue weighted by Gasteiger charge is 2.14. The van der Waals surface area contributed by atoms with Crippen molar-refractivity contribution in [3.05, 3.63) is 70.6 Å². The molecule has 0 fully saturated rings. The van der Waals surface area contributed by atoms with Crippen LogP contribution in [0.1, 0.15) is 10.4 Å². The number of H-pyrrole nitrogens is 1. The zero-order valence-electron chi connectivity index (χ0n) is 16.3. The summed E-state index contributed by atoms with van der Waals surface area (Å²) in [5.41, 5.74) is 1.42. The van der Waals surface area contributed by atoms with E-state index in [1.165, 1.54) is 18.0 Å². The lowest BCUT2D eigenvalue weighted by atomic mass is 10.1. The Labute approximate surface area is 175 Å². The standard InChI is InChI=1S/C21H18N4O4S/c1-28-15-7-3-13(4-8-15)18(26)12-30-21-23-19-17(20(27)24-21)11-22-25(19)14-5-9-16(29-2)10-6-14/h3-11H,12H2,1-2H3,(H,23,24,27). The highest BCUT2D eigenvalue weighted by atomic mass is 32.2. The molecule has 0 aliphatic rings. The van der Waals surface area contributed by atoms with Crippen molar-refractivity contribution in [1.82, 2.24) is 19.7 Å². The summed E-state index contributed by atoms with van der Waals surface area (Å²) < 4.78 is 11.9. The van der Waals surface area contributed by atoms with E-state index in [0.717, 1.165) is 5.69 Å². The van der Waals surface area contributed by atoms with Crippen LogP contribution in [0, 0.1) is 0 Å². The number of hydrogen-bond donors (Lipinski definition) is 1. The average molecular weight is 422 g/mol. The fourth-order valence-corrected chi connectivity index (χ4v) is 3.62. The van der Waals surface area contributed by atoms with Crippen LogP contribution in [0.15, 0.2) is 64.7 Å². The van der Waals surface area contributed by atoms with E-state index in [1.54, 1.807) is 55.3 Å². The molecule has 4 aromatic rings. The van der Waals surface area contributed by atoms with Gasteiger partial charge in [0.25, 0.3) is 5.56 Å². The van der Waals surface area contributed by atoms with Crippen molar-refractivity contribution in [1.29, 1.82) is 0 Å². The van der Waals surface area contributed by atoms with E-state index in [-0.39, 0.29) is 17.1 Å². The topological polar surface area (TPSA) is 99.1 Å². The number of methoxy groups -OCH3 is 2. The molecule has 30 heavy (non-hydrogen) atoms. The minimum Gasteiger partial charge on any atom is -0.497 e. The highest BCUT2D eigenvalue weighted by molar-refractivity contribution is 7.99. The molecule has 0 saturated carbocycles. The summed E-state index contributed by atoms with van der Waals surface area (Å²) in [6.45, 7) is 0. The van der Waals surface area contributed by atoms with Gasteiger partial charge in [0.15, 0.2) is 16.6 Å². The van der Waals surface area contributed by atoms with Crippen LogP contribution in [-0.2, 0) is 0 Å². The molecule has 0 radical (unpaired) electrons. The van der Waals surface area contributed by atoms with E-state index in [1.807, 2.05) is 12.1 Å². The zero-order chi connectivity index (χ0) is 21.1. The first kappa shape index (κ1) is 19.7. The van der Waals surface area contributed by atoms with Gasteiger partial charge in [0.2, 0.25) is 0 Å². The Morgan fingerprint density at radius 2 is 1.67 bits per heavy atom. The number of rotatable bonds is 7. The third-order valence-corrected chi connectivity index (χ3v) is 5.36. The molecular formula is C21H18N4O4S. The molecule has 2 aromatic carbocycles. The summed E-state index contributed by atoms with van der Waals surface area (Å²) in [5, 5.41) is 5.01. The predicted molar refractivity (Wildman–Crippen MR) is 114 cm³/mol. The van der Waals surface area contributed by atoms with E-state index in [0.29, 0.717) is 33.3 Å². The Morgan fingerprint density at radius 1 is 1.03 bits per heavy atom. The van der Waals surface area contributed by atoms with Gasteiger partial charge in [0.05, 0.1) is 31.9 Å². The second kappa shape index (κ2) is 8.42. The van der Waals surface area contributed by atoms with Crippen molar-refractivity contribution in [2.45, 2.75) is 5.16 Å². The fourth-order valence-electron chi connectivity index (χ4n) is 2.87. The molecule has 1 N–H and O–H groups in total. The van der Waals surface area contributed by atoms with Crippen molar-refractivity contribution < 1.29 is 14.3 Å². The van der Waals surface area contributed by atoms with Gasteiger partial charge in [-0.3, -0.25) is 9.59 Å². The second-order valence-corrected chi connectivity index (χ2v) is 7.27. The zero-order valence-corrected chi connectivity index (χ0v) is 17.1. The second-order valence-electron chi connectivity index (χ2n) is 6.30. The van der Waals surface area contributed by atoms with E-state index in [2.05, 4.69) is 15.1 Å². The van der Waals surface area contributed by atoms with Crippen LogP contribution in [0.25, 0.3) is 16.7 Å². The SMILES string of the molecule is COc1ccc(C(=O)CSc2nc3c(cnn3-c3ccc(OC)cc3)c(=O)[nH]2)cc1. The molecule has 0 saturated heterocycles. The fraction of sp³-hybridized carbons (Fsp3) is 0.143. The number of carbonyl (C=O) groups is 1. The van der Waals surface area contributed by atoms with Crippen LogP contribution in [0.2, 0.25) is 0 Å². The van der Waals surface area contributed by atoms with Gasteiger partial charge in [-0.05, 0) is 48.5 Å². The van der Waals surface area contributed by atoms with Crippen molar-refractivity contribution in [2.75, 3.05) is 20.0 Å². The third kappa shape index (κ3) is 3.92. The smallest absolute Gasteiger partial charge is 0.262 e. The number of fused-ring (bicyclic) bond motifs is 1. The molecule has 0 atom stereocenters. The van der Waals surface area contributed by atoms with Crippen LogP contribution in [0.3, 0.4) is 0 Å². The molecule has 0 aliphatic carbocycles. The van der Waals surface area contributed by atoms with Gasteiger partial charge >= 0.3 is 0 Å². The van der Waals surface area contributed by atoms with Crippen LogP contribution in [-0.4, -0.2) is 45.5 Å². The Kier molecular flexibility index (Phi) is 5.53. The number of aromatic amines is 1. The van der Waals surface area contributed by atoms with E-state index in [4.69, 9.17) is 9.47 Å². The number of ether oxygens (including phenoxy) is 2. The third-order valence-electron chi connectivity index (χ3n) is 4.49. The Bertz CT molecular complexity index is 1250. The molecule has 9 heteroatoms. The van der Waals surface area contributed by atoms with Crippen molar-refractivity contribution >= 4 is 28.6 Å². The molecule has 8 nitrogen and oxygen atoms in total. The van der Waals surface area contributed by atoms with Crippen LogP contribution >= 0.6 is 11.8 Å². The van der Waals surface area contributed by atoms with Crippen LogP contribution in [0.5, 0.6) is 11.5 Å². The van der Waals surface area contributed by atoms with Crippen molar-refractivity contribution in [3.63, 3.8) is 0 Å². The van der Waals surface area contributed by atoms with Gasteiger partial charge in [0, 0.05) is 5.56 Å². The number of nitrogens with one attached hydrogen (secondary N) is 1. The summed E-state index contributed by atoms with van der Waals surface area (Å²) in [6, 6.07) is 14.1. The number of carbonyl (C=O) groups excluding carboxylic acids is 1. The van der Waals surface area contributed by atoms with Gasteiger partial charge in [-0.15, -0.1) is 0 Å². The maximum absolute atomic E-state index is 12.5. The minimum absolute atomic E-state index is 0.0749. The molecule has 2 aromatic heterocycles. The lowest BCUT2D eigenvalue weighted by molar-refractivity contribution is 0.102. The summed E-state index contributed by atoms with van der Waals surface area (Å²) in [4.78, 5) is 32.1. The van der Waals surface area contributed by atoms with E-state index >= 15 is 0 Å². The number of hydrogen-bond acceptors (Lipinski definition) is 7. The molecule has 0 unspecified atom stereocenters. The number of ketones is 1. The monoisotopic (exact) mass is 422 g/mol. The molecule has 0 spiro atoms. The van der Waals surface area contributed by atoms with Gasteiger partial charge in [-0.1, -0.05) is 11.8 Å². The Morgan fingerprint density at radius 3 is 2.30 bits per heavy atom. The quantitative estimate of drug-likeness (QED) is 0.278. The normalized spacial score (nSPS) is 10.9. The molecule has 0 bridgehead atoms. The number of aromatic nitrogens is 4. The Balaban J connectivity index is 1.58. The minimum atomic E-state index is -0.306. The number of Topliss-reactive ketones (excluding diaryl/α,β-unsaturated/α-hetero) is 1. The first-order valence-corrected chi connectivity index (χ1v) is 10.00. The summed E-state index contributed by atoms with van der Waals surface area (Å²) >= 11 is 1.17. The van der Waals surface area contributed by atoms with Gasteiger partial charge in [0.1, 0.15) is 16.9 Å². The van der Waals surface area contributed by atoms with Crippen molar-refractivity contribution in [3.8, 4) is 17.2 Å².